The van der Waals surface area contributed by atoms with Crippen molar-refractivity contribution in [3.05, 3.63) is 0 Å². The smallest absolute Gasteiger partial charge is 0.317 e. The molecule has 122 valence electrons. The lowest BCUT2D eigenvalue weighted by atomic mass is 10.0. The molecule has 0 bridgehead atoms. The Bertz CT molecular complexity index is 337. The number of amides is 2. The van der Waals surface area contributed by atoms with Crippen molar-refractivity contribution in [3.8, 4) is 0 Å². The molecule has 1 saturated heterocycles. The highest BCUT2D eigenvalue weighted by molar-refractivity contribution is 5.77. The van der Waals surface area contributed by atoms with Gasteiger partial charge < -0.3 is 24.8 Å². The minimum absolute atomic E-state index is 0.167. The molecule has 2 unspecified atom stereocenters. The van der Waals surface area contributed by atoms with Crippen LogP contribution in [0.5, 0.6) is 0 Å². The molecule has 0 aromatic heterocycles. The van der Waals surface area contributed by atoms with E-state index in [-0.39, 0.29) is 25.3 Å². The largest absolute Gasteiger partial charge is 0.481 e. The van der Waals surface area contributed by atoms with Gasteiger partial charge in [0.1, 0.15) is 5.92 Å². The zero-order chi connectivity index (χ0) is 15.7. The number of hydrogen-bond acceptors (Lipinski definition) is 4. The third-order valence-corrected chi connectivity index (χ3v) is 3.67. The quantitative estimate of drug-likeness (QED) is 0.619. The van der Waals surface area contributed by atoms with E-state index in [2.05, 4.69) is 5.32 Å². The Morgan fingerprint density at radius 1 is 1.33 bits per heavy atom. The molecular weight excluding hydrogens is 276 g/mol. The number of aliphatic carboxylic acids is 1. The van der Waals surface area contributed by atoms with Gasteiger partial charge in [-0.1, -0.05) is 0 Å². The average Bonchev–Trinajstić information content (AvgIpc) is 2.93. The van der Waals surface area contributed by atoms with Gasteiger partial charge >= 0.3 is 12.0 Å². The number of carbonyl (C=O) groups excluding carboxylic acids is 1. The fourth-order valence-electron chi connectivity index (χ4n) is 2.46. The maximum Gasteiger partial charge on any atom is 0.317 e. The minimum atomic E-state index is -0.914. The van der Waals surface area contributed by atoms with Crippen LogP contribution in [-0.2, 0) is 14.3 Å². The Balaban J connectivity index is 2.37. The lowest BCUT2D eigenvalue weighted by Gasteiger charge is -2.29. The Kier molecular flexibility index (Phi) is 8.07. The van der Waals surface area contributed by atoms with Crippen LogP contribution in [0, 0.1) is 5.92 Å². The molecule has 0 spiro atoms. The SMILES string of the molecule is CCN(C(=O)NCCCCCOC)C1COCC1C(=O)O. The van der Waals surface area contributed by atoms with Gasteiger partial charge in [0.2, 0.25) is 0 Å². The highest BCUT2D eigenvalue weighted by Gasteiger charge is 2.39. The Morgan fingerprint density at radius 2 is 2.10 bits per heavy atom. The monoisotopic (exact) mass is 302 g/mol. The van der Waals surface area contributed by atoms with E-state index < -0.39 is 11.9 Å². The summed E-state index contributed by atoms with van der Waals surface area (Å²) >= 11 is 0. The summed E-state index contributed by atoms with van der Waals surface area (Å²) in [7, 11) is 1.67. The maximum absolute atomic E-state index is 12.2. The number of nitrogens with one attached hydrogen (secondary N) is 1. The van der Waals surface area contributed by atoms with Crippen molar-refractivity contribution in [2.45, 2.75) is 32.2 Å². The molecule has 0 aliphatic carbocycles. The standard InChI is InChI=1S/C14H26N2O5/c1-3-16(12-10-21-9-11(12)13(17)18)14(19)15-7-5-4-6-8-20-2/h11-12H,3-10H2,1-2H3,(H,15,19)(H,17,18). The van der Waals surface area contributed by atoms with Gasteiger partial charge in [-0.2, -0.15) is 0 Å². The number of ether oxygens (including phenoxy) is 2. The molecule has 0 radical (unpaired) electrons. The summed E-state index contributed by atoms with van der Waals surface area (Å²) in [6.07, 6.45) is 2.85. The lowest BCUT2D eigenvalue weighted by molar-refractivity contribution is -0.142. The second-order valence-electron chi connectivity index (χ2n) is 5.12. The molecule has 1 aliphatic rings. The first kappa shape index (κ1) is 17.7. The second-order valence-corrected chi connectivity index (χ2v) is 5.12. The average molecular weight is 302 g/mol. The number of urea groups is 1. The van der Waals surface area contributed by atoms with E-state index in [0.717, 1.165) is 25.9 Å². The van der Waals surface area contributed by atoms with E-state index in [4.69, 9.17) is 14.6 Å². The van der Waals surface area contributed by atoms with Gasteiger partial charge in [-0.05, 0) is 26.2 Å². The molecule has 0 aromatic carbocycles. The van der Waals surface area contributed by atoms with E-state index in [1.54, 1.807) is 12.0 Å². The van der Waals surface area contributed by atoms with Crippen LogP contribution in [0.3, 0.4) is 0 Å². The van der Waals surface area contributed by atoms with Gasteiger partial charge in [0.15, 0.2) is 0 Å². The molecular formula is C14H26N2O5. The van der Waals surface area contributed by atoms with Crippen LogP contribution >= 0.6 is 0 Å². The van der Waals surface area contributed by atoms with Crippen molar-refractivity contribution < 1.29 is 24.2 Å². The van der Waals surface area contributed by atoms with Gasteiger partial charge in [-0.3, -0.25) is 4.79 Å². The molecule has 1 rings (SSSR count). The number of carboxylic acids is 1. The summed E-state index contributed by atoms with van der Waals surface area (Å²) < 4.78 is 10.2. The first-order chi connectivity index (χ1) is 10.1. The van der Waals surface area contributed by atoms with Gasteiger partial charge in [0, 0.05) is 26.8 Å². The fourth-order valence-corrected chi connectivity index (χ4v) is 2.46. The van der Waals surface area contributed by atoms with Crippen molar-refractivity contribution in [2.24, 2.45) is 5.92 Å². The van der Waals surface area contributed by atoms with E-state index >= 15 is 0 Å². The van der Waals surface area contributed by atoms with Crippen LogP contribution in [0.1, 0.15) is 26.2 Å². The van der Waals surface area contributed by atoms with Gasteiger partial charge in [-0.15, -0.1) is 0 Å². The number of rotatable bonds is 9. The van der Waals surface area contributed by atoms with Crippen LogP contribution in [0.4, 0.5) is 4.79 Å². The summed E-state index contributed by atoms with van der Waals surface area (Å²) in [5.41, 5.74) is 0. The third-order valence-electron chi connectivity index (χ3n) is 3.67. The highest BCUT2D eigenvalue weighted by atomic mass is 16.5. The second kappa shape index (κ2) is 9.57. The van der Waals surface area contributed by atoms with Crippen LogP contribution in [0.15, 0.2) is 0 Å². The van der Waals surface area contributed by atoms with Crippen LogP contribution in [-0.4, -0.2) is 68.1 Å². The summed E-state index contributed by atoms with van der Waals surface area (Å²) in [6.45, 7) is 4.08. The van der Waals surface area contributed by atoms with Crippen molar-refractivity contribution >= 4 is 12.0 Å². The number of carboxylic acid groups (broad SMARTS) is 1. The highest BCUT2D eigenvalue weighted by Crippen LogP contribution is 2.20. The van der Waals surface area contributed by atoms with E-state index in [0.29, 0.717) is 13.1 Å². The molecule has 7 nitrogen and oxygen atoms in total. The predicted octanol–water partition coefficient (Wildman–Crippen LogP) is 0.934. The first-order valence-corrected chi connectivity index (χ1v) is 7.45. The summed E-state index contributed by atoms with van der Waals surface area (Å²) in [4.78, 5) is 24.9. The zero-order valence-corrected chi connectivity index (χ0v) is 12.8. The molecule has 0 aromatic rings. The molecule has 21 heavy (non-hydrogen) atoms. The van der Waals surface area contributed by atoms with E-state index in [9.17, 15) is 9.59 Å². The summed E-state index contributed by atoms with van der Waals surface area (Å²) in [5.74, 6) is -1.55. The molecule has 1 aliphatic heterocycles. The van der Waals surface area contributed by atoms with Gasteiger partial charge in [0.05, 0.1) is 19.3 Å². The number of nitrogens with zero attached hydrogens (tertiary/aromatic N) is 1. The number of methoxy groups -OCH3 is 1. The summed E-state index contributed by atoms with van der Waals surface area (Å²) in [5, 5.41) is 12.0. The Hall–Kier alpha value is -1.34. The molecule has 1 heterocycles. The number of carbonyl (C=O) groups is 2. The Morgan fingerprint density at radius 3 is 2.71 bits per heavy atom. The normalized spacial score (nSPS) is 21.2. The lowest BCUT2D eigenvalue weighted by Crippen LogP contribution is -2.50. The van der Waals surface area contributed by atoms with Gasteiger partial charge in [0.25, 0.3) is 0 Å². The van der Waals surface area contributed by atoms with Gasteiger partial charge in [-0.25, -0.2) is 4.79 Å². The van der Waals surface area contributed by atoms with E-state index in [1.807, 2.05) is 6.92 Å². The fraction of sp³-hybridized carbons (Fsp3) is 0.857. The van der Waals surface area contributed by atoms with Crippen LogP contribution in [0.25, 0.3) is 0 Å². The van der Waals surface area contributed by atoms with Crippen LogP contribution in [0.2, 0.25) is 0 Å². The maximum atomic E-state index is 12.2. The molecule has 2 N–H and O–H groups in total. The summed E-state index contributed by atoms with van der Waals surface area (Å²) in [6, 6.07) is -0.605. The number of hydrogen-bond donors (Lipinski definition) is 2. The third kappa shape index (κ3) is 5.51. The molecule has 7 heteroatoms. The minimum Gasteiger partial charge on any atom is -0.481 e. The first-order valence-electron chi connectivity index (χ1n) is 7.45. The topological polar surface area (TPSA) is 88.1 Å². The van der Waals surface area contributed by atoms with Crippen LogP contribution < -0.4 is 5.32 Å². The van der Waals surface area contributed by atoms with E-state index in [1.165, 1.54) is 0 Å². The predicted molar refractivity (Wildman–Crippen MR) is 77.2 cm³/mol. The van der Waals surface area contributed by atoms with Crippen molar-refractivity contribution in [3.63, 3.8) is 0 Å². The van der Waals surface area contributed by atoms with Crippen molar-refractivity contribution in [1.29, 1.82) is 0 Å². The molecule has 2 atom stereocenters. The molecule has 2 amide bonds. The zero-order valence-electron chi connectivity index (χ0n) is 12.8. The van der Waals surface area contributed by atoms with Crippen molar-refractivity contribution in [2.75, 3.05) is 40.0 Å². The van der Waals surface area contributed by atoms with Crippen molar-refractivity contribution in [1.82, 2.24) is 10.2 Å². The number of unbranched alkanes of at least 4 members (excludes halogenated alkanes) is 2. The Labute approximate surface area is 125 Å². The molecule has 1 fully saturated rings. The number of likely N-dealkylation sites (N-methyl/N-ethyl adjacent to an activating group) is 1. The molecule has 0 saturated carbocycles.